The molecule has 0 saturated carbocycles. The molecule has 0 fully saturated rings. The van der Waals surface area contributed by atoms with Gasteiger partial charge in [0, 0.05) is 11.9 Å². The molecule has 3 aromatic rings. The lowest BCUT2D eigenvalue weighted by Gasteiger charge is -2.18. The summed E-state index contributed by atoms with van der Waals surface area (Å²) in [7, 11) is 1.58. The molecule has 4 nitrogen and oxygen atoms in total. The van der Waals surface area contributed by atoms with Crippen molar-refractivity contribution in [1.82, 2.24) is 14.5 Å². The van der Waals surface area contributed by atoms with Crippen LogP contribution < -0.4 is 0 Å². The van der Waals surface area contributed by atoms with Gasteiger partial charge in [-0.1, -0.05) is 18.2 Å². The quantitative estimate of drug-likeness (QED) is 0.716. The topological polar surface area (TPSA) is 38.1 Å². The predicted octanol–water partition coefficient (Wildman–Crippen LogP) is 3.78. The lowest BCUT2D eigenvalue weighted by atomic mass is 10.3. The Kier molecular flexibility index (Phi) is 4.31. The molecular weight excluding hydrogens is 339 g/mol. The van der Waals surface area contributed by atoms with Crippen molar-refractivity contribution in [3.63, 3.8) is 0 Å². The Balaban J connectivity index is 1.89. The fourth-order valence-electron chi connectivity index (χ4n) is 2.43. The van der Waals surface area contributed by atoms with Gasteiger partial charge in [-0.2, -0.15) is 13.2 Å². The molecule has 1 aromatic carbocycles. The number of carbonyl (C=O) groups excluding carboxylic acids is 1. The van der Waals surface area contributed by atoms with Gasteiger partial charge in [-0.15, -0.1) is 11.3 Å². The first-order chi connectivity index (χ1) is 11.4. The number of imidazole rings is 1. The van der Waals surface area contributed by atoms with Crippen molar-refractivity contribution in [1.29, 1.82) is 0 Å². The van der Waals surface area contributed by atoms with E-state index in [1.54, 1.807) is 19.2 Å². The van der Waals surface area contributed by atoms with Crippen molar-refractivity contribution in [2.24, 2.45) is 0 Å². The first-order valence-electron chi connectivity index (χ1n) is 7.15. The molecule has 1 amide bonds. The lowest BCUT2D eigenvalue weighted by molar-refractivity contribution is -0.148. The zero-order chi connectivity index (χ0) is 17.3. The van der Waals surface area contributed by atoms with E-state index in [1.165, 1.54) is 28.4 Å². The zero-order valence-electron chi connectivity index (χ0n) is 12.7. The number of likely N-dealkylation sites (N-methyl/N-ethyl adjacent to an activating group) is 1. The Labute approximate surface area is 140 Å². The van der Waals surface area contributed by atoms with E-state index in [9.17, 15) is 18.0 Å². The largest absolute Gasteiger partial charge is 0.449 e. The van der Waals surface area contributed by atoms with Crippen molar-refractivity contribution in [2.75, 3.05) is 7.05 Å². The van der Waals surface area contributed by atoms with E-state index < -0.39 is 24.5 Å². The maximum atomic E-state index is 13.2. The van der Waals surface area contributed by atoms with Crippen LogP contribution in [-0.4, -0.2) is 27.4 Å². The van der Waals surface area contributed by atoms with Gasteiger partial charge < -0.3 is 9.47 Å². The molecule has 0 atom stereocenters. The summed E-state index contributed by atoms with van der Waals surface area (Å²) in [5.74, 6) is -1.46. The molecule has 8 heteroatoms. The van der Waals surface area contributed by atoms with Gasteiger partial charge in [0.1, 0.15) is 6.54 Å². The molecule has 0 aliphatic rings. The van der Waals surface area contributed by atoms with Crippen LogP contribution in [0.4, 0.5) is 13.2 Å². The van der Waals surface area contributed by atoms with Crippen molar-refractivity contribution >= 4 is 28.3 Å². The van der Waals surface area contributed by atoms with Gasteiger partial charge >= 0.3 is 6.18 Å². The second-order valence-electron chi connectivity index (χ2n) is 5.34. The number of amides is 1. The molecule has 2 heterocycles. The van der Waals surface area contributed by atoms with Gasteiger partial charge in [0.05, 0.1) is 17.6 Å². The van der Waals surface area contributed by atoms with Crippen molar-refractivity contribution in [3.8, 4) is 0 Å². The summed E-state index contributed by atoms with van der Waals surface area (Å²) in [4.78, 5) is 18.4. The summed E-state index contributed by atoms with van der Waals surface area (Å²) in [6.45, 7) is -0.0400. The van der Waals surface area contributed by atoms with Crippen LogP contribution in [0.5, 0.6) is 0 Å². The lowest BCUT2D eigenvalue weighted by Crippen LogP contribution is -2.31. The number of para-hydroxylation sites is 2. The molecule has 24 heavy (non-hydrogen) atoms. The van der Waals surface area contributed by atoms with E-state index in [0.717, 1.165) is 9.44 Å². The number of aromatic nitrogens is 2. The van der Waals surface area contributed by atoms with Crippen molar-refractivity contribution < 1.29 is 18.0 Å². The SMILES string of the molecule is CN(Cc1cccs1)C(=O)Cn1c(C(F)(F)F)nc2ccccc21. The Bertz CT molecular complexity index is 855. The first-order valence-corrected chi connectivity index (χ1v) is 8.03. The molecule has 0 unspecified atom stereocenters. The summed E-state index contributed by atoms with van der Waals surface area (Å²) in [5, 5.41) is 1.89. The number of rotatable bonds is 4. The van der Waals surface area contributed by atoms with Crippen molar-refractivity contribution in [2.45, 2.75) is 19.3 Å². The molecule has 0 radical (unpaired) electrons. The van der Waals surface area contributed by atoms with Crippen molar-refractivity contribution in [3.05, 3.63) is 52.5 Å². The van der Waals surface area contributed by atoms with E-state index >= 15 is 0 Å². The van der Waals surface area contributed by atoms with Crippen LogP contribution in [0.3, 0.4) is 0 Å². The average Bonchev–Trinajstić information content (AvgIpc) is 3.15. The number of halogens is 3. The summed E-state index contributed by atoms with van der Waals surface area (Å²) < 4.78 is 40.6. The molecule has 2 aromatic heterocycles. The predicted molar refractivity (Wildman–Crippen MR) is 85.5 cm³/mol. The fraction of sp³-hybridized carbons (Fsp3) is 0.250. The van der Waals surface area contributed by atoms with Gasteiger partial charge in [-0.05, 0) is 23.6 Å². The average molecular weight is 353 g/mol. The van der Waals surface area contributed by atoms with E-state index in [4.69, 9.17) is 0 Å². The van der Waals surface area contributed by atoms with Crippen LogP contribution in [-0.2, 0) is 24.1 Å². The summed E-state index contributed by atoms with van der Waals surface area (Å²) in [6.07, 6.45) is -4.62. The second-order valence-corrected chi connectivity index (χ2v) is 6.37. The van der Waals surface area contributed by atoms with Crippen LogP contribution in [0.2, 0.25) is 0 Å². The minimum atomic E-state index is -4.62. The summed E-state index contributed by atoms with van der Waals surface area (Å²) >= 11 is 1.49. The third-order valence-electron chi connectivity index (χ3n) is 3.60. The van der Waals surface area contributed by atoms with Crippen LogP contribution in [0.25, 0.3) is 11.0 Å². The molecular formula is C16H14F3N3OS. The van der Waals surface area contributed by atoms with E-state index in [1.807, 2.05) is 17.5 Å². The Morgan fingerprint density at radius 2 is 2.00 bits per heavy atom. The van der Waals surface area contributed by atoms with Crippen LogP contribution in [0, 0.1) is 0 Å². The Morgan fingerprint density at radius 3 is 2.67 bits per heavy atom. The third kappa shape index (κ3) is 3.28. The number of fused-ring (bicyclic) bond motifs is 1. The number of benzene rings is 1. The molecule has 0 spiro atoms. The van der Waals surface area contributed by atoms with Crippen LogP contribution in [0.1, 0.15) is 10.7 Å². The zero-order valence-corrected chi connectivity index (χ0v) is 13.6. The van der Waals surface area contributed by atoms with Crippen LogP contribution in [0.15, 0.2) is 41.8 Å². The highest BCUT2D eigenvalue weighted by Gasteiger charge is 2.38. The summed E-state index contributed by atoms with van der Waals surface area (Å²) in [6, 6.07) is 10.0. The minimum Gasteiger partial charge on any atom is -0.339 e. The highest BCUT2D eigenvalue weighted by molar-refractivity contribution is 7.09. The number of carbonyl (C=O) groups is 1. The molecule has 0 N–H and O–H groups in total. The second kappa shape index (κ2) is 6.27. The molecule has 0 bridgehead atoms. The monoisotopic (exact) mass is 353 g/mol. The molecule has 3 rings (SSSR count). The van der Waals surface area contributed by atoms with E-state index in [2.05, 4.69) is 4.98 Å². The first kappa shape index (κ1) is 16.5. The number of hydrogen-bond donors (Lipinski definition) is 0. The fourth-order valence-corrected chi connectivity index (χ4v) is 3.19. The minimum absolute atomic E-state index is 0.221. The maximum Gasteiger partial charge on any atom is 0.449 e. The highest BCUT2D eigenvalue weighted by atomic mass is 32.1. The number of hydrogen-bond acceptors (Lipinski definition) is 3. The molecule has 126 valence electrons. The number of alkyl halides is 3. The smallest absolute Gasteiger partial charge is 0.339 e. The Morgan fingerprint density at radius 1 is 1.25 bits per heavy atom. The van der Waals surface area contributed by atoms with Gasteiger partial charge in [-0.3, -0.25) is 4.79 Å². The van der Waals surface area contributed by atoms with Gasteiger partial charge in [-0.25, -0.2) is 4.98 Å². The third-order valence-corrected chi connectivity index (χ3v) is 4.46. The molecule has 0 saturated heterocycles. The maximum absolute atomic E-state index is 13.2. The normalized spacial score (nSPS) is 11.8. The van der Waals surface area contributed by atoms with E-state index in [-0.39, 0.29) is 5.52 Å². The molecule has 0 aliphatic heterocycles. The Hall–Kier alpha value is -2.35. The number of thiophene rings is 1. The highest BCUT2D eigenvalue weighted by Crippen LogP contribution is 2.31. The number of nitrogens with zero attached hydrogens (tertiary/aromatic N) is 3. The molecule has 0 aliphatic carbocycles. The van der Waals surface area contributed by atoms with E-state index in [0.29, 0.717) is 12.1 Å². The summed E-state index contributed by atoms with van der Waals surface area (Å²) in [5.41, 5.74) is 0.515. The van der Waals surface area contributed by atoms with Gasteiger partial charge in [0.15, 0.2) is 0 Å². The van der Waals surface area contributed by atoms with Gasteiger partial charge in [0.25, 0.3) is 0 Å². The van der Waals surface area contributed by atoms with Crippen LogP contribution >= 0.6 is 11.3 Å². The van der Waals surface area contributed by atoms with Gasteiger partial charge in [0.2, 0.25) is 11.7 Å². The standard InChI is InChI=1S/C16H14F3N3OS/c1-21(9-11-5-4-8-24-11)14(23)10-22-13-7-3-2-6-12(13)20-15(22)16(17,18)19/h2-8H,9-10H2,1H3.